The van der Waals surface area contributed by atoms with Gasteiger partial charge in [0.25, 0.3) is 5.79 Å². The summed E-state index contributed by atoms with van der Waals surface area (Å²) in [6.07, 6.45) is 3.37. The lowest BCUT2D eigenvalue weighted by atomic mass is 10.1. The van der Waals surface area contributed by atoms with Gasteiger partial charge in [0.1, 0.15) is 0 Å². The van der Waals surface area contributed by atoms with Crippen molar-refractivity contribution in [2.75, 3.05) is 5.32 Å². The number of anilines is 1. The van der Waals surface area contributed by atoms with Crippen LogP contribution in [0.15, 0.2) is 34.4 Å². The van der Waals surface area contributed by atoms with E-state index in [1.165, 1.54) is 20.0 Å². The SMILES string of the molecule is CC1(C)OC(=O)C(=CNc2ccc(CCCC#N)c(Br)c2)C(=O)O1. The van der Waals surface area contributed by atoms with Crippen LogP contribution >= 0.6 is 15.9 Å². The van der Waals surface area contributed by atoms with E-state index < -0.39 is 17.7 Å². The van der Waals surface area contributed by atoms with Gasteiger partial charge in [-0.3, -0.25) is 0 Å². The molecule has 1 saturated heterocycles. The molecule has 1 N–H and O–H groups in total. The predicted molar refractivity (Wildman–Crippen MR) is 90.7 cm³/mol. The maximum absolute atomic E-state index is 11.8. The van der Waals surface area contributed by atoms with Crippen LogP contribution in [-0.4, -0.2) is 17.7 Å². The monoisotopic (exact) mass is 392 g/mol. The van der Waals surface area contributed by atoms with E-state index in [2.05, 4.69) is 27.3 Å². The molecule has 126 valence electrons. The van der Waals surface area contributed by atoms with Gasteiger partial charge in [-0.2, -0.15) is 5.26 Å². The lowest BCUT2D eigenvalue weighted by Crippen LogP contribution is -2.42. The fourth-order valence-electron chi connectivity index (χ4n) is 2.13. The molecular weight excluding hydrogens is 376 g/mol. The first-order valence-electron chi connectivity index (χ1n) is 7.41. The lowest BCUT2D eigenvalue weighted by Gasteiger charge is -2.29. The van der Waals surface area contributed by atoms with E-state index in [0.29, 0.717) is 12.1 Å². The van der Waals surface area contributed by atoms with Crippen molar-refractivity contribution in [2.24, 2.45) is 0 Å². The first-order valence-corrected chi connectivity index (χ1v) is 8.20. The molecule has 1 aromatic carbocycles. The fourth-order valence-corrected chi connectivity index (χ4v) is 2.71. The highest BCUT2D eigenvalue weighted by Gasteiger charge is 2.38. The summed E-state index contributed by atoms with van der Waals surface area (Å²) in [7, 11) is 0. The fraction of sp³-hybridized carbons (Fsp3) is 0.353. The van der Waals surface area contributed by atoms with Crippen LogP contribution in [0.3, 0.4) is 0 Å². The molecule has 1 aliphatic rings. The molecule has 0 aromatic heterocycles. The third-order valence-corrected chi connectivity index (χ3v) is 4.03. The Balaban J connectivity index is 2.06. The van der Waals surface area contributed by atoms with Gasteiger partial charge in [0, 0.05) is 36.6 Å². The van der Waals surface area contributed by atoms with Crippen molar-refractivity contribution in [3.05, 3.63) is 40.0 Å². The first kappa shape index (κ1) is 18.0. The second-order valence-electron chi connectivity index (χ2n) is 5.70. The molecular formula is C17H17BrN2O4. The van der Waals surface area contributed by atoms with Crippen molar-refractivity contribution in [2.45, 2.75) is 38.9 Å². The highest BCUT2D eigenvalue weighted by Crippen LogP contribution is 2.25. The van der Waals surface area contributed by atoms with Crippen LogP contribution in [0.5, 0.6) is 0 Å². The molecule has 7 heteroatoms. The molecule has 2 rings (SSSR count). The van der Waals surface area contributed by atoms with Crippen LogP contribution in [0.1, 0.15) is 32.3 Å². The molecule has 0 unspecified atom stereocenters. The topological polar surface area (TPSA) is 88.4 Å². The van der Waals surface area contributed by atoms with Crippen molar-refractivity contribution < 1.29 is 19.1 Å². The number of nitriles is 1. The minimum Gasteiger partial charge on any atom is -0.419 e. The Morgan fingerprint density at radius 3 is 2.54 bits per heavy atom. The lowest BCUT2D eigenvalue weighted by molar-refractivity contribution is -0.222. The molecule has 0 bridgehead atoms. The molecule has 1 fully saturated rings. The van der Waals surface area contributed by atoms with Crippen molar-refractivity contribution in [1.29, 1.82) is 5.26 Å². The average Bonchev–Trinajstić information content (AvgIpc) is 2.47. The largest absolute Gasteiger partial charge is 0.419 e. The van der Waals surface area contributed by atoms with Gasteiger partial charge < -0.3 is 14.8 Å². The van der Waals surface area contributed by atoms with Crippen molar-refractivity contribution in [3.63, 3.8) is 0 Å². The summed E-state index contributed by atoms with van der Waals surface area (Å²) >= 11 is 3.48. The number of esters is 2. The number of nitrogens with one attached hydrogen (secondary N) is 1. The first-order chi connectivity index (χ1) is 11.3. The van der Waals surface area contributed by atoms with Crippen LogP contribution in [0, 0.1) is 11.3 Å². The zero-order valence-electron chi connectivity index (χ0n) is 13.4. The van der Waals surface area contributed by atoms with Crippen LogP contribution in [0.4, 0.5) is 5.69 Å². The van der Waals surface area contributed by atoms with Crippen molar-refractivity contribution in [1.82, 2.24) is 0 Å². The summed E-state index contributed by atoms with van der Waals surface area (Å²) in [4.78, 5) is 23.7. The minimum absolute atomic E-state index is 0.191. The number of nitrogens with zero attached hydrogens (tertiary/aromatic N) is 1. The molecule has 6 nitrogen and oxygen atoms in total. The van der Waals surface area contributed by atoms with Crippen LogP contribution in [-0.2, 0) is 25.5 Å². The van der Waals surface area contributed by atoms with E-state index >= 15 is 0 Å². The summed E-state index contributed by atoms with van der Waals surface area (Å²) < 4.78 is 10.9. The average molecular weight is 393 g/mol. The Morgan fingerprint density at radius 1 is 1.29 bits per heavy atom. The Labute approximate surface area is 148 Å². The maximum atomic E-state index is 11.8. The molecule has 0 aliphatic carbocycles. The second kappa shape index (κ2) is 7.49. The number of carbonyl (C=O) groups is 2. The van der Waals surface area contributed by atoms with E-state index in [1.807, 2.05) is 18.2 Å². The molecule has 24 heavy (non-hydrogen) atoms. The Kier molecular flexibility index (Phi) is 5.62. The zero-order chi connectivity index (χ0) is 17.7. The number of cyclic esters (lactones) is 2. The summed E-state index contributed by atoms with van der Waals surface area (Å²) in [5.41, 5.74) is 1.59. The standard InChI is InChI=1S/C17H17BrN2O4/c1-17(2)23-15(21)13(16(22)24-17)10-20-12-7-6-11(14(18)9-12)5-3-4-8-19/h6-7,9-10,20H,3-5H2,1-2H3. The Hall–Kier alpha value is -2.33. The van der Waals surface area contributed by atoms with E-state index in [0.717, 1.165) is 22.9 Å². The third kappa shape index (κ3) is 4.59. The number of aryl methyl sites for hydroxylation is 1. The van der Waals surface area contributed by atoms with Crippen molar-refractivity contribution in [3.8, 4) is 6.07 Å². The highest BCUT2D eigenvalue weighted by atomic mass is 79.9. The number of halogens is 1. The predicted octanol–water partition coefficient (Wildman–Crippen LogP) is 3.43. The number of hydrogen-bond donors (Lipinski definition) is 1. The van der Waals surface area contributed by atoms with Gasteiger partial charge in [-0.25, -0.2) is 9.59 Å². The van der Waals surface area contributed by atoms with Gasteiger partial charge in [-0.1, -0.05) is 22.0 Å². The smallest absolute Gasteiger partial charge is 0.350 e. The molecule has 0 spiro atoms. The second-order valence-corrected chi connectivity index (χ2v) is 6.55. The number of rotatable bonds is 5. The van der Waals surface area contributed by atoms with E-state index in [-0.39, 0.29) is 5.57 Å². The summed E-state index contributed by atoms with van der Waals surface area (Å²) in [6, 6.07) is 7.70. The molecule has 1 aromatic rings. The number of benzene rings is 1. The number of hydrogen-bond acceptors (Lipinski definition) is 6. The van der Waals surface area contributed by atoms with Crippen LogP contribution < -0.4 is 5.32 Å². The van der Waals surface area contributed by atoms with E-state index in [9.17, 15) is 9.59 Å². The molecule has 1 heterocycles. The maximum Gasteiger partial charge on any atom is 0.350 e. The van der Waals surface area contributed by atoms with Gasteiger partial charge in [0.15, 0.2) is 5.57 Å². The van der Waals surface area contributed by atoms with Gasteiger partial charge in [-0.15, -0.1) is 0 Å². The molecule has 1 aliphatic heterocycles. The zero-order valence-corrected chi connectivity index (χ0v) is 15.0. The third-order valence-electron chi connectivity index (χ3n) is 3.29. The normalized spacial score (nSPS) is 16.0. The van der Waals surface area contributed by atoms with Crippen LogP contribution in [0.25, 0.3) is 0 Å². The Bertz CT molecular complexity index is 713. The Morgan fingerprint density at radius 2 is 1.96 bits per heavy atom. The van der Waals surface area contributed by atoms with Crippen LogP contribution in [0.2, 0.25) is 0 Å². The minimum atomic E-state index is -1.25. The molecule has 0 radical (unpaired) electrons. The number of carbonyl (C=O) groups excluding carboxylic acids is 2. The molecule has 0 amide bonds. The van der Waals surface area contributed by atoms with E-state index in [4.69, 9.17) is 14.7 Å². The summed E-state index contributed by atoms with van der Waals surface area (Å²) in [5.74, 6) is -2.70. The quantitative estimate of drug-likeness (QED) is 0.357. The summed E-state index contributed by atoms with van der Waals surface area (Å²) in [6.45, 7) is 2.99. The number of ether oxygens (including phenoxy) is 2. The molecule has 0 saturated carbocycles. The van der Waals surface area contributed by atoms with Gasteiger partial charge >= 0.3 is 11.9 Å². The van der Waals surface area contributed by atoms with Crippen molar-refractivity contribution >= 4 is 33.6 Å². The molecule has 0 atom stereocenters. The van der Waals surface area contributed by atoms with Gasteiger partial charge in [0.05, 0.1) is 6.07 Å². The van der Waals surface area contributed by atoms with E-state index in [1.54, 1.807) is 0 Å². The number of unbranched alkanes of at least 4 members (excludes halogenated alkanes) is 1. The van der Waals surface area contributed by atoms with Gasteiger partial charge in [0.2, 0.25) is 0 Å². The highest BCUT2D eigenvalue weighted by molar-refractivity contribution is 9.10. The van der Waals surface area contributed by atoms with Gasteiger partial charge in [-0.05, 0) is 30.5 Å². The summed E-state index contributed by atoms with van der Waals surface area (Å²) in [5, 5.41) is 11.5.